The normalized spacial score (nSPS) is 22.0. The number of hydrogen-bond acceptors (Lipinski definition) is 12. The third-order valence-corrected chi connectivity index (χ3v) is 13.0. The van der Waals surface area contributed by atoms with Gasteiger partial charge in [0.1, 0.15) is 47.3 Å². The molecule has 13 nitrogen and oxygen atoms in total. The molecule has 0 amide bonds. The van der Waals surface area contributed by atoms with Gasteiger partial charge in [0.25, 0.3) is 0 Å². The first-order chi connectivity index (χ1) is 29.8. The summed E-state index contributed by atoms with van der Waals surface area (Å²) in [4.78, 5) is 4.10. The monoisotopic (exact) mass is 897 g/mol. The van der Waals surface area contributed by atoms with Crippen LogP contribution in [0.5, 0.6) is 5.75 Å². The first kappa shape index (κ1) is 47.8. The van der Waals surface area contributed by atoms with Crippen LogP contribution in [0.15, 0.2) is 60.9 Å². The molecule has 2 fully saturated rings. The van der Waals surface area contributed by atoms with Crippen molar-refractivity contribution in [2.75, 3.05) is 18.9 Å². The second-order valence-electron chi connectivity index (χ2n) is 17.0. The molecule has 2 aromatic carbocycles. The zero-order valence-corrected chi connectivity index (χ0v) is 38.1. The average Bonchev–Trinajstić information content (AvgIpc) is 3.90. The number of nitrogens with zero attached hydrogens (tertiary/aromatic N) is 4. The van der Waals surface area contributed by atoms with E-state index in [0.717, 1.165) is 25.7 Å². The number of fused-ring (bicyclic) bond motifs is 2. The lowest BCUT2D eigenvalue weighted by atomic mass is 9.97. The lowest BCUT2D eigenvalue weighted by Crippen LogP contribution is -2.44. The van der Waals surface area contributed by atoms with Crippen LogP contribution in [0.3, 0.4) is 0 Å². The molecular weight excluding hydrogens is 836 g/mol. The maximum atomic E-state index is 14.8. The molecule has 2 aromatic heterocycles. The highest BCUT2D eigenvalue weighted by Crippen LogP contribution is 2.55. The van der Waals surface area contributed by atoms with E-state index in [1.807, 2.05) is 32.0 Å². The number of phosphoric ester groups is 1. The summed E-state index contributed by atoms with van der Waals surface area (Å²) in [5.74, 6) is -1.10. The van der Waals surface area contributed by atoms with E-state index in [1.165, 1.54) is 76.2 Å². The van der Waals surface area contributed by atoms with E-state index in [0.29, 0.717) is 29.0 Å². The van der Waals surface area contributed by atoms with E-state index in [9.17, 15) is 14.2 Å². The second kappa shape index (κ2) is 22.3. The molecule has 4 heterocycles. The number of rotatable bonds is 26. The molecule has 1 unspecified atom stereocenters. The number of nitrogens with two attached hydrogens (primary N) is 1. The van der Waals surface area contributed by atoms with Crippen molar-refractivity contribution >= 4 is 30.8 Å². The highest BCUT2D eigenvalue weighted by molar-refractivity contribution is 7.49. The van der Waals surface area contributed by atoms with E-state index >= 15 is 0 Å². The SMILES string of the molecule is CCCCCCCCCCCCCCC[C@H](COP(=O)(OC[C@@]1(C)O[C@@H](c2ccc3c(N)ncnn23)[C@@H]2OC(C)(C)O[C@@H]21)Oc1ccccc1Cl)OCc1cc(F)cc(C#N)c1. The summed E-state index contributed by atoms with van der Waals surface area (Å²) in [6.07, 6.45) is 15.1. The predicted octanol–water partition coefficient (Wildman–Crippen LogP) is 11.6. The van der Waals surface area contributed by atoms with Gasteiger partial charge in [0.05, 0.1) is 48.3 Å². The number of phosphoric acid groups is 1. The Morgan fingerprint density at radius 2 is 1.63 bits per heavy atom. The number of ether oxygens (including phenoxy) is 4. The minimum absolute atomic E-state index is 0.00389. The van der Waals surface area contributed by atoms with Gasteiger partial charge >= 0.3 is 7.82 Å². The number of benzene rings is 2. The number of halogens is 2. The summed E-state index contributed by atoms with van der Waals surface area (Å²) in [5.41, 5.74) is 6.86. The highest BCUT2D eigenvalue weighted by Gasteiger charge is 2.62. The first-order valence-electron chi connectivity index (χ1n) is 22.1. The Balaban J connectivity index is 1.13. The predicted molar refractivity (Wildman–Crippen MR) is 235 cm³/mol. The smallest absolute Gasteiger partial charge is 0.402 e. The van der Waals surface area contributed by atoms with Crippen molar-refractivity contribution < 1.29 is 41.5 Å². The number of aromatic nitrogens is 3. The molecule has 0 radical (unpaired) electrons. The molecule has 338 valence electrons. The van der Waals surface area contributed by atoms with Gasteiger partial charge in [-0.25, -0.2) is 18.5 Å². The fourth-order valence-electron chi connectivity index (χ4n) is 8.17. The number of para-hydroxylation sites is 1. The third kappa shape index (κ3) is 13.0. The molecule has 4 aromatic rings. The summed E-state index contributed by atoms with van der Waals surface area (Å²) in [6, 6.07) is 16.3. The van der Waals surface area contributed by atoms with Crippen molar-refractivity contribution in [2.45, 2.75) is 160 Å². The third-order valence-electron chi connectivity index (χ3n) is 11.4. The van der Waals surface area contributed by atoms with Gasteiger partial charge in [0.2, 0.25) is 0 Å². The van der Waals surface area contributed by atoms with Crippen LogP contribution in [0.1, 0.15) is 141 Å². The number of nitrogen functional groups attached to an aromatic ring is 1. The van der Waals surface area contributed by atoms with Gasteiger partial charge in [0.15, 0.2) is 11.6 Å². The van der Waals surface area contributed by atoms with Crippen LogP contribution in [0.2, 0.25) is 5.02 Å². The molecule has 0 spiro atoms. The van der Waals surface area contributed by atoms with Gasteiger partial charge < -0.3 is 29.2 Å². The largest absolute Gasteiger partial charge is 0.530 e. The van der Waals surface area contributed by atoms with Crippen LogP contribution in [-0.2, 0) is 39.2 Å². The van der Waals surface area contributed by atoms with E-state index < -0.39 is 49.4 Å². The van der Waals surface area contributed by atoms with Crippen LogP contribution in [0, 0.1) is 17.1 Å². The highest BCUT2D eigenvalue weighted by atomic mass is 35.5. The van der Waals surface area contributed by atoms with Crippen LogP contribution < -0.4 is 10.3 Å². The fraction of sp³-hybridized carbons (Fsp3) is 0.587. The molecule has 2 aliphatic rings. The van der Waals surface area contributed by atoms with Crippen molar-refractivity contribution in [3.05, 3.63) is 88.6 Å². The van der Waals surface area contributed by atoms with Crippen molar-refractivity contribution in [3.63, 3.8) is 0 Å². The molecule has 2 saturated heterocycles. The zero-order valence-electron chi connectivity index (χ0n) is 36.4. The summed E-state index contributed by atoms with van der Waals surface area (Å²) >= 11 is 6.49. The average molecular weight is 898 g/mol. The van der Waals surface area contributed by atoms with Gasteiger partial charge in [-0.05, 0) is 75.2 Å². The molecular formula is C46H62ClFN5O8P. The lowest BCUT2D eigenvalue weighted by Gasteiger charge is -2.32. The van der Waals surface area contributed by atoms with Gasteiger partial charge in [0, 0.05) is 0 Å². The van der Waals surface area contributed by atoms with E-state index in [2.05, 4.69) is 17.0 Å². The molecule has 6 atom stereocenters. The van der Waals surface area contributed by atoms with Crippen molar-refractivity contribution in [1.82, 2.24) is 14.6 Å². The number of hydrogen-bond donors (Lipinski definition) is 1. The quantitative estimate of drug-likeness (QED) is 0.0470. The Morgan fingerprint density at radius 3 is 2.32 bits per heavy atom. The van der Waals surface area contributed by atoms with E-state index in [1.54, 1.807) is 41.8 Å². The van der Waals surface area contributed by atoms with Crippen LogP contribution in [0.4, 0.5) is 10.2 Å². The maximum absolute atomic E-state index is 14.8. The Labute approximate surface area is 370 Å². The molecule has 2 aliphatic heterocycles. The van der Waals surface area contributed by atoms with Gasteiger partial charge in [-0.2, -0.15) is 10.4 Å². The Morgan fingerprint density at radius 1 is 0.935 bits per heavy atom. The summed E-state index contributed by atoms with van der Waals surface area (Å²) in [6.45, 7) is 7.20. The number of anilines is 1. The van der Waals surface area contributed by atoms with Crippen molar-refractivity contribution in [2.24, 2.45) is 0 Å². The first-order valence-corrected chi connectivity index (χ1v) is 23.9. The molecule has 0 saturated carbocycles. The molecule has 0 aliphatic carbocycles. The summed E-state index contributed by atoms with van der Waals surface area (Å²) in [7, 11) is -4.49. The van der Waals surface area contributed by atoms with Crippen molar-refractivity contribution in [1.29, 1.82) is 5.26 Å². The Bertz CT molecular complexity index is 2150. The molecule has 0 bridgehead atoms. The van der Waals surface area contributed by atoms with Crippen LogP contribution in [-0.4, -0.2) is 57.5 Å². The summed E-state index contributed by atoms with van der Waals surface area (Å²) < 4.78 is 75.0. The topological polar surface area (TPSA) is 162 Å². The minimum atomic E-state index is -4.49. The van der Waals surface area contributed by atoms with E-state index in [4.69, 9.17) is 49.9 Å². The second-order valence-corrected chi connectivity index (χ2v) is 19.0. The number of nitriles is 1. The standard InChI is InChI=1S/C46H62ClFN5O8P/c1-5-6-7-8-9-10-11-12-13-14-15-16-17-20-36(55-29-34-25-33(28-49)26-35(48)27-34)30-56-62(54,61-40-22-19-18-21-37(40)47)57-31-46(4)43-42(58-45(2,3)60-43)41(59-46)38-23-24-39-44(50)51-32-52-53(38)39/h18-19,21-27,32,36,41-43H,5-17,20,29-31H2,1-4H3,(H2,50,51,52)/t36-,41+,42+,43+,46-,62?/m1/s1. The fourth-order valence-corrected chi connectivity index (χ4v) is 9.74. The molecule has 2 N–H and O–H groups in total. The van der Waals surface area contributed by atoms with E-state index in [-0.39, 0.29) is 36.2 Å². The van der Waals surface area contributed by atoms with Gasteiger partial charge in [-0.1, -0.05) is 114 Å². The van der Waals surface area contributed by atoms with Crippen LogP contribution >= 0.6 is 19.4 Å². The molecule has 6 rings (SSSR count). The lowest BCUT2D eigenvalue weighted by molar-refractivity contribution is -0.212. The van der Waals surface area contributed by atoms with Gasteiger partial charge in [-0.15, -0.1) is 0 Å². The Kier molecular flexibility index (Phi) is 17.2. The van der Waals surface area contributed by atoms with Crippen molar-refractivity contribution in [3.8, 4) is 11.8 Å². The Hall–Kier alpha value is -3.64. The zero-order chi connectivity index (χ0) is 44.2. The van der Waals surface area contributed by atoms with Gasteiger partial charge in [-0.3, -0.25) is 9.05 Å². The summed E-state index contributed by atoms with van der Waals surface area (Å²) in [5, 5.41) is 14.0. The maximum Gasteiger partial charge on any atom is 0.530 e. The van der Waals surface area contributed by atoms with Crippen LogP contribution in [0.25, 0.3) is 5.52 Å². The minimum Gasteiger partial charge on any atom is -0.402 e. The number of unbranched alkanes of at least 4 members (excludes halogenated alkanes) is 12. The molecule has 16 heteroatoms. The molecule has 62 heavy (non-hydrogen) atoms.